The van der Waals surface area contributed by atoms with Crippen LogP contribution in [0.3, 0.4) is 0 Å². The predicted octanol–water partition coefficient (Wildman–Crippen LogP) is 1.41. The normalized spacial score (nSPS) is 15.2. The van der Waals surface area contributed by atoms with E-state index in [0.717, 1.165) is 5.56 Å². The molecule has 1 heterocycles. The maximum Gasteiger partial charge on any atom is 0.241 e. The Balaban J connectivity index is 1.73. The van der Waals surface area contributed by atoms with Crippen molar-refractivity contribution in [3.63, 3.8) is 0 Å². The first-order valence-corrected chi connectivity index (χ1v) is 8.34. The van der Waals surface area contributed by atoms with Crippen molar-refractivity contribution in [3.8, 4) is 0 Å². The van der Waals surface area contributed by atoms with Gasteiger partial charge in [0.2, 0.25) is 10.0 Å². The van der Waals surface area contributed by atoms with Gasteiger partial charge in [-0.15, -0.1) is 0 Å². The molecular formula is C14H17N3O3S. The number of sulfonamides is 1. The summed E-state index contributed by atoms with van der Waals surface area (Å²) in [6, 6.07) is 9.19. The van der Waals surface area contributed by atoms with Crippen LogP contribution in [0, 0.1) is 0 Å². The Hall–Kier alpha value is -1.70. The molecule has 6 nitrogen and oxygen atoms in total. The highest BCUT2D eigenvalue weighted by molar-refractivity contribution is 7.89. The van der Waals surface area contributed by atoms with Crippen molar-refractivity contribution in [2.75, 3.05) is 0 Å². The highest BCUT2D eigenvalue weighted by Gasteiger charge is 2.22. The van der Waals surface area contributed by atoms with E-state index in [9.17, 15) is 8.42 Å². The van der Waals surface area contributed by atoms with E-state index < -0.39 is 10.0 Å². The first kappa shape index (κ1) is 14.2. The van der Waals surface area contributed by atoms with Gasteiger partial charge in [-0.1, -0.05) is 23.4 Å². The van der Waals surface area contributed by atoms with Crippen LogP contribution < -0.4 is 10.0 Å². The van der Waals surface area contributed by atoms with E-state index in [0.29, 0.717) is 23.2 Å². The zero-order valence-corrected chi connectivity index (χ0v) is 12.3. The lowest BCUT2D eigenvalue weighted by Gasteiger charge is -2.11. The quantitative estimate of drug-likeness (QED) is 0.808. The van der Waals surface area contributed by atoms with Crippen molar-refractivity contribution in [2.45, 2.75) is 36.9 Å². The standard InChI is InChI=1S/C14H17N3O3S/c18-21(19,16-10-13-7-8-20-17-13)14-4-2-1-3-11(14)9-15-12-5-6-12/h1-4,7-8,12,15-16H,5-6,9-10H2. The van der Waals surface area contributed by atoms with Crippen molar-refractivity contribution < 1.29 is 12.9 Å². The molecule has 2 aromatic rings. The summed E-state index contributed by atoms with van der Waals surface area (Å²) < 4.78 is 32.1. The Labute approximate surface area is 123 Å². The third-order valence-corrected chi connectivity index (χ3v) is 4.86. The number of nitrogens with one attached hydrogen (secondary N) is 2. The molecule has 1 aromatic carbocycles. The molecular weight excluding hydrogens is 290 g/mol. The largest absolute Gasteiger partial charge is 0.364 e. The average molecular weight is 307 g/mol. The smallest absolute Gasteiger partial charge is 0.241 e. The number of rotatable bonds is 7. The van der Waals surface area contributed by atoms with Crippen LogP contribution in [0.1, 0.15) is 24.1 Å². The van der Waals surface area contributed by atoms with Crippen molar-refractivity contribution >= 4 is 10.0 Å². The third-order valence-electron chi connectivity index (χ3n) is 3.36. The Morgan fingerprint density at radius 1 is 1.19 bits per heavy atom. The van der Waals surface area contributed by atoms with Gasteiger partial charge < -0.3 is 9.84 Å². The summed E-state index contributed by atoms with van der Waals surface area (Å²) in [6.45, 7) is 0.676. The summed E-state index contributed by atoms with van der Waals surface area (Å²) >= 11 is 0. The molecule has 3 rings (SSSR count). The molecule has 21 heavy (non-hydrogen) atoms. The van der Waals surface area contributed by atoms with Crippen LogP contribution in [-0.4, -0.2) is 19.6 Å². The van der Waals surface area contributed by atoms with Crippen molar-refractivity contribution in [1.29, 1.82) is 0 Å². The van der Waals surface area contributed by atoms with Gasteiger partial charge >= 0.3 is 0 Å². The van der Waals surface area contributed by atoms with Crippen LogP contribution in [0.25, 0.3) is 0 Å². The fourth-order valence-corrected chi connectivity index (χ4v) is 3.27. The van der Waals surface area contributed by atoms with Gasteiger partial charge in [0.15, 0.2) is 0 Å². The van der Waals surface area contributed by atoms with Gasteiger partial charge in [-0.2, -0.15) is 0 Å². The van der Waals surface area contributed by atoms with E-state index in [4.69, 9.17) is 0 Å². The molecule has 0 unspecified atom stereocenters. The minimum absolute atomic E-state index is 0.114. The van der Waals surface area contributed by atoms with Gasteiger partial charge in [0.25, 0.3) is 0 Å². The number of aromatic nitrogens is 1. The molecule has 1 aromatic heterocycles. The minimum atomic E-state index is -3.57. The zero-order valence-electron chi connectivity index (χ0n) is 11.5. The highest BCUT2D eigenvalue weighted by Crippen LogP contribution is 2.21. The lowest BCUT2D eigenvalue weighted by Crippen LogP contribution is -2.26. The third kappa shape index (κ3) is 3.69. The maximum atomic E-state index is 12.4. The number of nitrogens with zero attached hydrogens (tertiary/aromatic N) is 1. The summed E-state index contributed by atoms with van der Waals surface area (Å²) in [5.41, 5.74) is 1.32. The van der Waals surface area contributed by atoms with E-state index in [1.54, 1.807) is 18.2 Å². The minimum Gasteiger partial charge on any atom is -0.364 e. The van der Waals surface area contributed by atoms with Gasteiger partial charge in [0.05, 0.1) is 17.1 Å². The fraction of sp³-hybridized carbons (Fsp3) is 0.357. The first-order valence-electron chi connectivity index (χ1n) is 6.85. The van der Waals surface area contributed by atoms with Crippen LogP contribution in [0.4, 0.5) is 0 Å². The highest BCUT2D eigenvalue weighted by atomic mass is 32.2. The Kier molecular flexibility index (Phi) is 4.05. The van der Waals surface area contributed by atoms with E-state index in [1.165, 1.54) is 19.1 Å². The lowest BCUT2D eigenvalue weighted by molar-refractivity contribution is 0.411. The maximum absolute atomic E-state index is 12.4. The first-order chi connectivity index (χ1) is 10.1. The molecule has 1 aliphatic carbocycles. The van der Waals surface area contributed by atoms with E-state index >= 15 is 0 Å². The molecule has 0 saturated heterocycles. The molecule has 7 heteroatoms. The molecule has 0 spiro atoms. The summed E-state index contributed by atoms with van der Waals surface area (Å²) in [5, 5.41) is 7.02. The van der Waals surface area contributed by atoms with Crippen LogP contribution in [-0.2, 0) is 23.1 Å². The molecule has 112 valence electrons. The number of hydrogen-bond acceptors (Lipinski definition) is 5. The molecule has 1 aliphatic rings. The average Bonchev–Trinajstić information content (AvgIpc) is 3.17. The van der Waals surface area contributed by atoms with E-state index in [-0.39, 0.29) is 6.54 Å². The van der Waals surface area contributed by atoms with Crippen molar-refractivity contribution in [3.05, 3.63) is 47.9 Å². The molecule has 0 atom stereocenters. The monoisotopic (exact) mass is 307 g/mol. The second-order valence-corrected chi connectivity index (χ2v) is 6.81. The molecule has 1 saturated carbocycles. The van der Waals surface area contributed by atoms with Gasteiger partial charge in [-0.3, -0.25) is 0 Å². The van der Waals surface area contributed by atoms with Gasteiger partial charge in [-0.25, -0.2) is 13.1 Å². The number of hydrogen-bond donors (Lipinski definition) is 2. The van der Waals surface area contributed by atoms with Gasteiger partial charge in [0, 0.05) is 18.7 Å². The Morgan fingerprint density at radius 3 is 2.71 bits per heavy atom. The summed E-state index contributed by atoms with van der Waals surface area (Å²) in [5.74, 6) is 0. The van der Waals surface area contributed by atoms with Crippen LogP contribution >= 0.6 is 0 Å². The second kappa shape index (κ2) is 5.97. The Morgan fingerprint density at radius 2 is 2.00 bits per heavy atom. The topological polar surface area (TPSA) is 84.2 Å². The SMILES string of the molecule is O=S(=O)(NCc1ccon1)c1ccccc1CNC1CC1. The molecule has 0 amide bonds. The second-order valence-electron chi connectivity index (χ2n) is 5.08. The fourth-order valence-electron chi connectivity index (χ4n) is 2.03. The van der Waals surface area contributed by atoms with Crippen LogP contribution in [0.5, 0.6) is 0 Å². The van der Waals surface area contributed by atoms with E-state index in [1.807, 2.05) is 12.1 Å². The van der Waals surface area contributed by atoms with Crippen LogP contribution in [0.15, 0.2) is 46.0 Å². The van der Waals surface area contributed by atoms with Gasteiger partial charge in [0.1, 0.15) is 6.26 Å². The van der Waals surface area contributed by atoms with Crippen molar-refractivity contribution in [1.82, 2.24) is 15.2 Å². The predicted molar refractivity (Wildman–Crippen MR) is 76.8 cm³/mol. The summed E-state index contributed by atoms with van der Waals surface area (Å²) in [7, 11) is -3.57. The van der Waals surface area contributed by atoms with Crippen molar-refractivity contribution in [2.24, 2.45) is 0 Å². The lowest BCUT2D eigenvalue weighted by atomic mass is 10.2. The Bertz CT molecular complexity index is 694. The zero-order chi connectivity index (χ0) is 14.7. The summed E-state index contributed by atoms with van der Waals surface area (Å²) in [6.07, 6.45) is 3.75. The molecule has 0 bridgehead atoms. The molecule has 0 radical (unpaired) electrons. The number of benzene rings is 1. The van der Waals surface area contributed by atoms with E-state index in [2.05, 4.69) is 19.7 Å². The van der Waals surface area contributed by atoms with Crippen LogP contribution in [0.2, 0.25) is 0 Å². The molecule has 2 N–H and O–H groups in total. The van der Waals surface area contributed by atoms with Gasteiger partial charge in [-0.05, 0) is 24.5 Å². The molecule has 1 fully saturated rings. The summed E-state index contributed by atoms with van der Waals surface area (Å²) in [4.78, 5) is 0.307. The molecule has 0 aliphatic heterocycles.